The Balaban J connectivity index is 2.46. The summed E-state index contributed by atoms with van der Waals surface area (Å²) in [5, 5.41) is 13.0. The number of fused-ring (bicyclic) bond motifs is 1. The van der Waals surface area contributed by atoms with E-state index >= 15 is 0 Å². The molecule has 2 unspecified atom stereocenters. The number of nitrogens with one attached hydrogen (secondary N) is 1. The minimum Gasteiger partial charge on any atom is -0.508 e. The number of hydrogen-bond acceptors (Lipinski definition) is 2. The van der Waals surface area contributed by atoms with Gasteiger partial charge in [-0.05, 0) is 37.1 Å². The van der Waals surface area contributed by atoms with E-state index in [-0.39, 0.29) is 5.54 Å². The molecule has 0 saturated heterocycles. The summed E-state index contributed by atoms with van der Waals surface area (Å²) in [5.41, 5.74) is 2.53. The maximum absolute atomic E-state index is 9.43. The van der Waals surface area contributed by atoms with Crippen molar-refractivity contribution in [2.75, 3.05) is 5.32 Å². The number of phenolic OH excluding ortho intramolecular Hbond substituents is 1. The summed E-state index contributed by atoms with van der Waals surface area (Å²) in [7, 11) is 0. The lowest BCUT2D eigenvalue weighted by Crippen LogP contribution is -2.33. The van der Waals surface area contributed by atoms with Gasteiger partial charge in [0.2, 0.25) is 0 Å². The topological polar surface area (TPSA) is 32.3 Å². The van der Waals surface area contributed by atoms with Gasteiger partial charge in [-0.1, -0.05) is 13.8 Å². The molecule has 2 atom stereocenters. The highest BCUT2D eigenvalue weighted by Gasteiger charge is 2.37. The summed E-state index contributed by atoms with van der Waals surface area (Å²) >= 11 is 0. The Morgan fingerprint density at radius 1 is 1.50 bits per heavy atom. The van der Waals surface area contributed by atoms with Crippen molar-refractivity contribution in [2.45, 2.75) is 38.6 Å². The Kier molecular flexibility index (Phi) is 1.95. The molecule has 0 aromatic heterocycles. The molecule has 2 heteroatoms. The number of hydrogen-bond donors (Lipinski definition) is 2. The van der Waals surface area contributed by atoms with Crippen LogP contribution in [0.5, 0.6) is 5.75 Å². The van der Waals surface area contributed by atoms with E-state index in [0.717, 1.165) is 6.42 Å². The van der Waals surface area contributed by atoms with Crippen molar-refractivity contribution in [1.29, 1.82) is 0 Å². The summed E-state index contributed by atoms with van der Waals surface area (Å²) in [4.78, 5) is 0. The van der Waals surface area contributed by atoms with Crippen LogP contribution < -0.4 is 5.32 Å². The second-order valence-corrected chi connectivity index (χ2v) is 4.39. The maximum Gasteiger partial charge on any atom is 0.116 e. The van der Waals surface area contributed by atoms with Crippen LogP contribution in [0.4, 0.5) is 5.69 Å². The largest absolute Gasteiger partial charge is 0.508 e. The van der Waals surface area contributed by atoms with E-state index < -0.39 is 0 Å². The molecule has 0 saturated carbocycles. The van der Waals surface area contributed by atoms with Crippen LogP contribution in [0, 0.1) is 0 Å². The Hall–Kier alpha value is -1.18. The van der Waals surface area contributed by atoms with E-state index in [0.29, 0.717) is 11.7 Å². The SMILES string of the molecule is CCC1(C)Nc2ccc(O)cc2C1C. The van der Waals surface area contributed by atoms with Gasteiger partial charge in [-0.15, -0.1) is 0 Å². The fraction of sp³-hybridized carbons (Fsp3) is 0.500. The molecule has 0 fully saturated rings. The van der Waals surface area contributed by atoms with Gasteiger partial charge in [0.25, 0.3) is 0 Å². The Bertz CT molecular complexity index is 361. The monoisotopic (exact) mass is 191 g/mol. The first kappa shape index (κ1) is 9.38. The van der Waals surface area contributed by atoms with Crippen molar-refractivity contribution in [2.24, 2.45) is 0 Å². The van der Waals surface area contributed by atoms with Crippen molar-refractivity contribution in [3.8, 4) is 5.75 Å². The Morgan fingerprint density at radius 2 is 2.21 bits per heavy atom. The summed E-state index contributed by atoms with van der Waals surface area (Å²) in [5.74, 6) is 0.812. The van der Waals surface area contributed by atoms with Crippen LogP contribution in [-0.2, 0) is 0 Å². The molecule has 0 amide bonds. The molecule has 2 N–H and O–H groups in total. The van der Waals surface area contributed by atoms with Crippen LogP contribution in [0.3, 0.4) is 0 Å². The normalized spacial score (nSPS) is 29.8. The van der Waals surface area contributed by atoms with E-state index in [1.54, 1.807) is 6.07 Å². The molecule has 0 radical (unpaired) electrons. The molecule has 1 aromatic rings. The molecule has 0 aliphatic carbocycles. The minimum atomic E-state index is 0.135. The molecule has 14 heavy (non-hydrogen) atoms. The zero-order chi connectivity index (χ0) is 10.3. The predicted molar refractivity (Wildman–Crippen MR) is 58.8 cm³/mol. The number of phenols is 1. The second kappa shape index (κ2) is 2.91. The third kappa shape index (κ3) is 1.17. The first-order valence-corrected chi connectivity index (χ1v) is 5.18. The first-order chi connectivity index (χ1) is 6.57. The van der Waals surface area contributed by atoms with Gasteiger partial charge in [-0.25, -0.2) is 0 Å². The molecule has 1 heterocycles. The van der Waals surface area contributed by atoms with Crippen LogP contribution >= 0.6 is 0 Å². The van der Waals surface area contributed by atoms with Crippen LogP contribution in [0.1, 0.15) is 38.7 Å². The van der Waals surface area contributed by atoms with Gasteiger partial charge >= 0.3 is 0 Å². The summed E-state index contributed by atoms with van der Waals surface area (Å²) in [6.45, 7) is 6.63. The van der Waals surface area contributed by atoms with Gasteiger partial charge in [0, 0.05) is 17.1 Å². The maximum atomic E-state index is 9.43. The van der Waals surface area contributed by atoms with Gasteiger partial charge in [-0.2, -0.15) is 0 Å². The molecule has 1 aliphatic heterocycles. The van der Waals surface area contributed by atoms with Crippen LogP contribution in [0.2, 0.25) is 0 Å². The highest BCUT2D eigenvalue weighted by molar-refractivity contribution is 5.63. The third-order valence-corrected chi connectivity index (χ3v) is 3.61. The minimum absolute atomic E-state index is 0.135. The van der Waals surface area contributed by atoms with Gasteiger partial charge in [-0.3, -0.25) is 0 Å². The zero-order valence-corrected chi connectivity index (χ0v) is 8.96. The van der Waals surface area contributed by atoms with Crippen molar-refractivity contribution >= 4 is 5.69 Å². The Labute approximate surface area is 85.0 Å². The summed E-state index contributed by atoms with van der Waals surface area (Å²) in [6, 6.07) is 5.57. The molecular formula is C12H17NO. The lowest BCUT2D eigenvalue weighted by atomic mass is 9.84. The van der Waals surface area contributed by atoms with E-state index in [9.17, 15) is 5.11 Å². The highest BCUT2D eigenvalue weighted by atomic mass is 16.3. The lowest BCUT2D eigenvalue weighted by molar-refractivity contribution is 0.440. The van der Waals surface area contributed by atoms with Crippen LogP contribution in [-0.4, -0.2) is 10.6 Å². The van der Waals surface area contributed by atoms with Crippen molar-refractivity contribution in [3.63, 3.8) is 0 Å². The molecule has 2 nitrogen and oxygen atoms in total. The van der Waals surface area contributed by atoms with Crippen molar-refractivity contribution in [3.05, 3.63) is 23.8 Å². The lowest BCUT2D eigenvalue weighted by Gasteiger charge is -2.28. The molecule has 1 aromatic carbocycles. The molecule has 76 valence electrons. The first-order valence-electron chi connectivity index (χ1n) is 5.18. The van der Waals surface area contributed by atoms with Gasteiger partial charge in [0.05, 0.1) is 0 Å². The van der Waals surface area contributed by atoms with Crippen LogP contribution in [0.25, 0.3) is 0 Å². The number of aromatic hydroxyl groups is 1. The van der Waals surface area contributed by atoms with Crippen LogP contribution in [0.15, 0.2) is 18.2 Å². The standard InChI is InChI=1S/C12H17NO/c1-4-12(3)8(2)10-7-9(14)5-6-11(10)13-12/h5-8,13-14H,4H2,1-3H3. The fourth-order valence-corrected chi connectivity index (χ4v) is 2.18. The second-order valence-electron chi connectivity index (χ2n) is 4.39. The zero-order valence-electron chi connectivity index (χ0n) is 8.96. The number of rotatable bonds is 1. The third-order valence-electron chi connectivity index (χ3n) is 3.61. The molecule has 2 rings (SSSR count). The molecular weight excluding hydrogens is 174 g/mol. The average molecular weight is 191 g/mol. The molecule has 0 bridgehead atoms. The summed E-state index contributed by atoms with van der Waals surface area (Å²) in [6.07, 6.45) is 1.09. The molecule has 0 spiro atoms. The summed E-state index contributed by atoms with van der Waals surface area (Å²) < 4.78 is 0. The van der Waals surface area contributed by atoms with Gasteiger partial charge in [0.1, 0.15) is 5.75 Å². The number of benzene rings is 1. The van der Waals surface area contributed by atoms with E-state index in [4.69, 9.17) is 0 Å². The quantitative estimate of drug-likeness (QED) is 0.668. The predicted octanol–water partition coefficient (Wildman–Crippen LogP) is 3.09. The fourth-order valence-electron chi connectivity index (χ4n) is 2.18. The van der Waals surface area contributed by atoms with Gasteiger partial charge < -0.3 is 10.4 Å². The smallest absolute Gasteiger partial charge is 0.116 e. The highest BCUT2D eigenvalue weighted by Crippen LogP contribution is 2.44. The number of anilines is 1. The average Bonchev–Trinajstić information content (AvgIpc) is 2.42. The van der Waals surface area contributed by atoms with E-state index in [1.807, 2.05) is 12.1 Å². The van der Waals surface area contributed by atoms with Crippen molar-refractivity contribution in [1.82, 2.24) is 0 Å². The van der Waals surface area contributed by atoms with Crippen molar-refractivity contribution < 1.29 is 5.11 Å². The van der Waals surface area contributed by atoms with E-state index in [1.165, 1.54) is 11.3 Å². The Morgan fingerprint density at radius 3 is 2.86 bits per heavy atom. The van der Waals surface area contributed by atoms with E-state index in [2.05, 4.69) is 26.1 Å². The van der Waals surface area contributed by atoms with Gasteiger partial charge in [0.15, 0.2) is 0 Å². The molecule has 1 aliphatic rings.